The van der Waals surface area contributed by atoms with Crippen molar-refractivity contribution in [2.45, 2.75) is 13.3 Å². The number of rotatable bonds is 6. The Morgan fingerprint density at radius 1 is 1.22 bits per heavy atom. The third-order valence-electron chi connectivity index (χ3n) is 3.87. The molecule has 0 bridgehead atoms. The summed E-state index contributed by atoms with van der Waals surface area (Å²) in [5, 5.41) is 16.9. The molecule has 1 aromatic carbocycles. The van der Waals surface area contributed by atoms with Gasteiger partial charge < -0.3 is 10.6 Å². The molecule has 0 unspecified atom stereocenters. The number of pyridine rings is 1. The summed E-state index contributed by atoms with van der Waals surface area (Å²) >= 11 is 0. The molecule has 0 radical (unpaired) electrons. The second-order valence-electron chi connectivity index (χ2n) is 5.86. The summed E-state index contributed by atoms with van der Waals surface area (Å²) in [6.07, 6.45) is 2.01. The zero-order valence-electron chi connectivity index (χ0n) is 14.5. The number of carbonyl (C=O) groups excluding carboxylic acids is 1. The van der Waals surface area contributed by atoms with Gasteiger partial charge in [0.1, 0.15) is 5.65 Å². The van der Waals surface area contributed by atoms with E-state index in [0.717, 1.165) is 9.96 Å². The van der Waals surface area contributed by atoms with Crippen LogP contribution in [0.25, 0.3) is 5.65 Å². The van der Waals surface area contributed by atoms with Crippen molar-refractivity contribution in [3.8, 4) is 0 Å². The molecule has 2 aromatic heterocycles. The number of hydrogen-bond acceptors (Lipinski definition) is 6. The summed E-state index contributed by atoms with van der Waals surface area (Å²) in [6.45, 7) is 1.79. The van der Waals surface area contributed by atoms with Crippen LogP contribution < -0.4 is 16.2 Å². The minimum Gasteiger partial charge on any atom is -0.364 e. The highest BCUT2D eigenvalue weighted by molar-refractivity contribution is 5.88. The topological polar surface area (TPSA) is 119 Å². The van der Waals surface area contributed by atoms with E-state index in [1.54, 1.807) is 30.3 Å². The number of nitrogens with one attached hydrogen (secondary N) is 2. The molecule has 2 heterocycles. The van der Waals surface area contributed by atoms with E-state index in [2.05, 4.69) is 15.6 Å². The number of anilines is 2. The van der Waals surface area contributed by atoms with E-state index in [0.29, 0.717) is 24.3 Å². The third-order valence-corrected chi connectivity index (χ3v) is 3.87. The van der Waals surface area contributed by atoms with E-state index in [1.165, 1.54) is 13.1 Å². The molecule has 0 saturated heterocycles. The Balaban J connectivity index is 1.77. The predicted molar refractivity (Wildman–Crippen MR) is 101 cm³/mol. The molecular formula is C18H17N5O4. The van der Waals surface area contributed by atoms with Gasteiger partial charge in [-0.1, -0.05) is 18.2 Å². The fraction of sp³-hybridized carbons (Fsp3) is 0.167. The first kappa shape index (κ1) is 18.1. The zero-order chi connectivity index (χ0) is 19.4. The molecule has 3 rings (SSSR count). The van der Waals surface area contributed by atoms with Gasteiger partial charge in [-0.2, -0.15) is 0 Å². The van der Waals surface area contributed by atoms with E-state index in [-0.39, 0.29) is 11.7 Å². The van der Waals surface area contributed by atoms with E-state index in [1.807, 2.05) is 12.1 Å². The number of fused-ring (bicyclic) bond motifs is 1. The van der Waals surface area contributed by atoms with Gasteiger partial charge in [0.15, 0.2) is 0 Å². The summed E-state index contributed by atoms with van der Waals surface area (Å²) < 4.78 is 1.14. The molecule has 0 aliphatic carbocycles. The average Bonchev–Trinajstić information content (AvgIpc) is 2.62. The van der Waals surface area contributed by atoms with Crippen molar-refractivity contribution in [3.05, 3.63) is 74.7 Å². The number of hydrogen-bond donors (Lipinski definition) is 2. The Bertz CT molecular complexity index is 1060. The zero-order valence-corrected chi connectivity index (χ0v) is 14.5. The largest absolute Gasteiger partial charge is 0.376 e. The maximum Gasteiger partial charge on any atom is 0.376 e. The quantitative estimate of drug-likeness (QED) is 0.509. The second kappa shape index (κ2) is 7.65. The number of carbonyl (C=O) groups is 1. The molecule has 0 atom stereocenters. The van der Waals surface area contributed by atoms with Crippen LogP contribution in [0, 0.1) is 10.1 Å². The molecule has 9 nitrogen and oxygen atoms in total. The maximum atomic E-state index is 12.4. The smallest absolute Gasteiger partial charge is 0.364 e. The van der Waals surface area contributed by atoms with Crippen molar-refractivity contribution in [1.29, 1.82) is 0 Å². The lowest BCUT2D eigenvalue weighted by molar-refractivity contribution is -0.385. The van der Waals surface area contributed by atoms with Gasteiger partial charge in [0.05, 0.1) is 4.92 Å². The standard InChI is InChI=1S/C18H17N5O4/c1-12(24)20-14-7-5-13(6-8-14)9-10-19-17-16(23(26)27)18(25)22-11-3-2-4-15(22)21-17/h2-8,11,19H,9-10H2,1H3,(H,20,24). The lowest BCUT2D eigenvalue weighted by Crippen LogP contribution is -2.21. The summed E-state index contributed by atoms with van der Waals surface area (Å²) in [4.78, 5) is 38.2. The van der Waals surface area contributed by atoms with Crippen LogP contribution in [0.2, 0.25) is 0 Å². The van der Waals surface area contributed by atoms with E-state index >= 15 is 0 Å². The number of benzene rings is 1. The first-order valence-corrected chi connectivity index (χ1v) is 8.22. The lowest BCUT2D eigenvalue weighted by Gasteiger charge is -2.08. The molecular weight excluding hydrogens is 350 g/mol. The first-order valence-electron chi connectivity index (χ1n) is 8.22. The highest BCUT2D eigenvalue weighted by Crippen LogP contribution is 2.18. The fourth-order valence-electron chi connectivity index (χ4n) is 2.65. The predicted octanol–water partition coefficient (Wildman–Crippen LogP) is 2.22. The fourth-order valence-corrected chi connectivity index (χ4v) is 2.65. The van der Waals surface area contributed by atoms with Crippen molar-refractivity contribution in [2.75, 3.05) is 17.2 Å². The number of nitro groups is 1. The van der Waals surface area contributed by atoms with Crippen molar-refractivity contribution in [2.24, 2.45) is 0 Å². The van der Waals surface area contributed by atoms with Gasteiger partial charge in [0, 0.05) is 25.4 Å². The molecule has 0 spiro atoms. The molecule has 0 saturated carbocycles. The number of amides is 1. The van der Waals surface area contributed by atoms with Crippen LogP contribution in [0.1, 0.15) is 12.5 Å². The van der Waals surface area contributed by atoms with Crippen LogP contribution in [-0.2, 0) is 11.2 Å². The van der Waals surface area contributed by atoms with Crippen molar-refractivity contribution in [1.82, 2.24) is 9.38 Å². The Morgan fingerprint density at radius 3 is 2.63 bits per heavy atom. The highest BCUT2D eigenvalue weighted by atomic mass is 16.6. The van der Waals surface area contributed by atoms with Crippen molar-refractivity contribution >= 4 is 28.7 Å². The Hall–Kier alpha value is -3.75. The Morgan fingerprint density at radius 2 is 1.96 bits per heavy atom. The summed E-state index contributed by atoms with van der Waals surface area (Å²) in [5.41, 5.74) is 0.679. The molecule has 1 amide bonds. The normalized spacial score (nSPS) is 10.6. The van der Waals surface area contributed by atoms with Crippen LogP contribution in [0.3, 0.4) is 0 Å². The van der Waals surface area contributed by atoms with Crippen molar-refractivity contribution in [3.63, 3.8) is 0 Å². The molecule has 27 heavy (non-hydrogen) atoms. The molecule has 9 heteroatoms. The Labute approximate surface area is 153 Å². The average molecular weight is 367 g/mol. The molecule has 0 aliphatic heterocycles. The van der Waals surface area contributed by atoms with Crippen molar-refractivity contribution < 1.29 is 9.72 Å². The van der Waals surface area contributed by atoms with Gasteiger partial charge >= 0.3 is 11.2 Å². The van der Waals surface area contributed by atoms with Gasteiger partial charge in [-0.25, -0.2) is 4.98 Å². The number of aromatic nitrogens is 2. The van der Waals surface area contributed by atoms with Crippen LogP contribution in [0.4, 0.5) is 17.2 Å². The SMILES string of the molecule is CC(=O)Nc1ccc(CCNc2nc3ccccn3c(=O)c2[N+](=O)[O-])cc1. The molecule has 2 N–H and O–H groups in total. The van der Waals surface area contributed by atoms with Crippen LogP contribution in [0.15, 0.2) is 53.5 Å². The van der Waals surface area contributed by atoms with Crippen LogP contribution in [0.5, 0.6) is 0 Å². The summed E-state index contributed by atoms with van der Waals surface area (Å²) in [7, 11) is 0. The van der Waals surface area contributed by atoms with Crippen LogP contribution in [-0.4, -0.2) is 26.8 Å². The van der Waals surface area contributed by atoms with Gasteiger partial charge in [0.25, 0.3) is 0 Å². The first-order chi connectivity index (χ1) is 13.0. The Kier molecular flexibility index (Phi) is 5.11. The summed E-state index contributed by atoms with van der Waals surface area (Å²) in [6, 6.07) is 12.2. The van der Waals surface area contributed by atoms with Gasteiger partial charge in [-0.15, -0.1) is 0 Å². The molecule has 138 valence electrons. The maximum absolute atomic E-state index is 12.4. The lowest BCUT2D eigenvalue weighted by atomic mass is 10.1. The van der Waals surface area contributed by atoms with Gasteiger partial charge in [0.2, 0.25) is 11.7 Å². The third kappa shape index (κ3) is 4.09. The van der Waals surface area contributed by atoms with Gasteiger partial charge in [-0.05, 0) is 36.2 Å². The highest BCUT2D eigenvalue weighted by Gasteiger charge is 2.23. The summed E-state index contributed by atoms with van der Waals surface area (Å²) in [5.74, 6) is -0.198. The molecule has 0 aliphatic rings. The molecule has 0 fully saturated rings. The minimum absolute atomic E-state index is 0.0499. The minimum atomic E-state index is -0.729. The van der Waals surface area contributed by atoms with Gasteiger partial charge in [-0.3, -0.25) is 24.1 Å². The molecule has 3 aromatic rings. The monoisotopic (exact) mass is 367 g/mol. The second-order valence-corrected chi connectivity index (χ2v) is 5.86. The van der Waals surface area contributed by atoms with Crippen LogP contribution >= 0.6 is 0 Å². The number of nitrogens with zero attached hydrogens (tertiary/aromatic N) is 3. The van der Waals surface area contributed by atoms with E-state index in [9.17, 15) is 19.7 Å². The van der Waals surface area contributed by atoms with E-state index in [4.69, 9.17) is 0 Å². The van der Waals surface area contributed by atoms with E-state index < -0.39 is 16.2 Å².